The number of hydrogen-bond acceptors (Lipinski definition) is 3. The van der Waals surface area contributed by atoms with Crippen LogP contribution in [-0.2, 0) is 6.54 Å². The minimum absolute atomic E-state index is 0.0263. The Balaban J connectivity index is 1.46. The van der Waals surface area contributed by atoms with Crippen molar-refractivity contribution in [2.75, 3.05) is 5.32 Å². The minimum atomic E-state index is -0.0263. The fraction of sp³-hybridized carbons (Fsp3) is 0.318. The smallest absolute Gasteiger partial charge is 0.297 e. The highest BCUT2D eigenvalue weighted by Gasteiger charge is 2.40. The zero-order valence-corrected chi connectivity index (χ0v) is 15.8. The molecule has 2 aromatic heterocycles. The largest absolute Gasteiger partial charge is 0.333 e. The number of imidazole rings is 1. The lowest BCUT2D eigenvalue weighted by molar-refractivity contribution is -0.500. The average molecular weight is 374 g/mol. The van der Waals surface area contributed by atoms with Gasteiger partial charge in [0, 0.05) is 31.2 Å². The molecule has 2 N–H and O–H groups in total. The minimum Gasteiger partial charge on any atom is -0.333 e. The number of nitrogens with zero attached hydrogens (tertiary/aromatic N) is 3. The molecule has 3 heterocycles. The van der Waals surface area contributed by atoms with Gasteiger partial charge in [0.15, 0.2) is 5.56 Å². The van der Waals surface area contributed by atoms with Gasteiger partial charge in [0.05, 0.1) is 6.33 Å². The van der Waals surface area contributed by atoms with Gasteiger partial charge in [-0.05, 0) is 43.4 Å². The van der Waals surface area contributed by atoms with Crippen molar-refractivity contribution >= 4 is 17.2 Å². The van der Waals surface area contributed by atoms with E-state index in [1.165, 1.54) is 37.7 Å². The van der Waals surface area contributed by atoms with E-state index in [1.54, 1.807) is 12.4 Å². The summed E-state index contributed by atoms with van der Waals surface area (Å²) in [7, 11) is 0. The quantitative estimate of drug-likeness (QED) is 0.687. The van der Waals surface area contributed by atoms with Crippen LogP contribution in [0.3, 0.4) is 0 Å². The van der Waals surface area contributed by atoms with Gasteiger partial charge in [-0.3, -0.25) is 4.79 Å². The second-order valence-corrected chi connectivity index (χ2v) is 7.64. The SMILES string of the molecule is O=c1[nH]ccc2c1C(Nc1cccc(Cn3ccnc3)c1)=[N+]2C1CCCCC1. The topological polar surface area (TPSA) is 65.7 Å². The molecule has 1 aromatic carbocycles. The van der Waals surface area contributed by atoms with Crippen LogP contribution in [0.25, 0.3) is 0 Å². The summed E-state index contributed by atoms with van der Waals surface area (Å²) < 4.78 is 4.39. The summed E-state index contributed by atoms with van der Waals surface area (Å²) in [6, 6.07) is 10.8. The van der Waals surface area contributed by atoms with Gasteiger partial charge in [0.2, 0.25) is 0 Å². The van der Waals surface area contributed by atoms with E-state index >= 15 is 0 Å². The lowest BCUT2D eigenvalue weighted by Crippen LogP contribution is -2.45. The Morgan fingerprint density at radius 2 is 2.11 bits per heavy atom. The van der Waals surface area contributed by atoms with Crippen LogP contribution in [0.4, 0.5) is 11.4 Å². The molecule has 0 saturated heterocycles. The standard InChI is InChI=1S/C22H23N5O/c28-22-20-19(9-10-24-22)27(18-7-2-1-3-8-18)21(20)25-17-6-4-5-16(13-17)14-26-12-11-23-15-26/h4-6,9-13,15,18H,1-3,7-8,14H2,(H,24,25,28)/p+1. The number of H-pyrrole nitrogens is 1. The van der Waals surface area contributed by atoms with Crippen LogP contribution >= 0.6 is 0 Å². The summed E-state index contributed by atoms with van der Waals surface area (Å²) >= 11 is 0. The number of fused-ring (bicyclic) bond motifs is 1. The van der Waals surface area contributed by atoms with Crippen molar-refractivity contribution in [3.63, 3.8) is 0 Å². The maximum atomic E-state index is 12.4. The van der Waals surface area contributed by atoms with Crippen LogP contribution < -0.4 is 10.9 Å². The Morgan fingerprint density at radius 1 is 1.21 bits per heavy atom. The number of pyridine rings is 1. The lowest BCUT2D eigenvalue weighted by atomic mass is 9.92. The van der Waals surface area contributed by atoms with Crippen molar-refractivity contribution in [1.82, 2.24) is 14.5 Å². The Kier molecular flexibility index (Phi) is 4.31. The molecule has 142 valence electrons. The zero-order chi connectivity index (χ0) is 18.9. The first-order valence-electron chi connectivity index (χ1n) is 9.99. The van der Waals surface area contributed by atoms with E-state index < -0.39 is 0 Å². The molecule has 6 nitrogen and oxygen atoms in total. The molecule has 0 radical (unpaired) electrons. The molecular weight excluding hydrogens is 350 g/mol. The summed E-state index contributed by atoms with van der Waals surface area (Å²) in [5.41, 5.74) is 3.99. The lowest BCUT2D eigenvalue weighted by Gasteiger charge is -2.30. The van der Waals surface area contributed by atoms with Crippen LogP contribution in [0.15, 0.2) is 60.0 Å². The van der Waals surface area contributed by atoms with Crippen molar-refractivity contribution in [2.45, 2.75) is 44.7 Å². The summed E-state index contributed by atoms with van der Waals surface area (Å²) in [5, 5.41) is 3.54. The first kappa shape index (κ1) is 17.0. The third-order valence-corrected chi connectivity index (χ3v) is 5.73. The van der Waals surface area contributed by atoms with Crippen LogP contribution in [0.2, 0.25) is 0 Å². The summed E-state index contributed by atoms with van der Waals surface area (Å²) in [5.74, 6) is 0.934. The van der Waals surface area contributed by atoms with Gasteiger partial charge in [-0.25, -0.2) is 14.9 Å². The van der Waals surface area contributed by atoms with Crippen LogP contribution in [0.5, 0.6) is 0 Å². The first-order valence-corrected chi connectivity index (χ1v) is 9.99. The molecule has 5 rings (SSSR count). The molecule has 0 spiro atoms. The number of nitrogens with one attached hydrogen (secondary N) is 2. The van der Waals surface area contributed by atoms with Crippen molar-refractivity contribution in [3.8, 4) is 0 Å². The second kappa shape index (κ2) is 7.11. The predicted molar refractivity (Wildman–Crippen MR) is 109 cm³/mol. The number of benzene rings is 1. The molecule has 6 heteroatoms. The highest BCUT2D eigenvalue weighted by atomic mass is 16.1. The van der Waals surface area contributed by atoms with E-state index in [9.17, 15) is 4.79 Å². The number of hydrogen-bond donors (Lipinski definition) is 2. The maximum absolute atomic E-state index is 12.4. The molecule has 1 fully saturated rings. The zero-order valence-electron chi connectivity index (χ0n) is 15.8. The third kappa shape index (κ3) is 3.05. The summed E-state index contributed by atoms with van der Waals surface area (Å²) in [6.07, 6.45) is 13.5. The van der Waals surface area contributed by atoms with E-state index in [0.717, 1.165) is 29.3 Å². The fourth-order valence-electron chi connectivity index (χ4n) is 4.40. The monoisotopic (exact) mass is 374 g/mol. The van der Waals surface area contributed by atoms with Crippen molar-refractivity contribution in [3.05, 3.63) is 76.7 Å². The Labute approximate surface area is 163 Å². The third-order valence-electron chi connectivity index (χ3n) is 5.73. The summed E-state index contributed by atoms with van der Waals surface area (Å²) in [4.78, 5) is 19.4. The maximum Gasteiger partial charge on any atom is 0.297 e. The molecule has 1 saturated carbocycles. The highest BCUT2D eigenvalue weighted by Crippen LogP contribution is 2.33. The summed E-state index contributed by atoms with van der Waals surface area (Å²) in [6.45, 7) is 0.772. The van der Waals surface area contributed by atoms with E-state index in [2.05, 4.69) is 44.1 Å². The number of amidine groups is 1. The van der Waals surface area contributed by atoms with E-state index in [-0.39, 0.29) is 5.56 Å². The van der Waals surface area contributed by atoms with E-state index in [4.69, 9.17) is 0 Å². The van der Waals surface area contributed by atoms with Crippen LogP contribution in [0.1, 0.15) is 43.2 Å². The van der Waals surface area contributed by atoms with Crippen molar-refractivity contribution in [2.24, 2.45) is 0 Å². The molecule has 1 aliphatic heterocycles. The van der Waals surface area contributed by atoms with Gasteiger partial charge in [0.1, 0.15) is 17.4 Å². The van der Waals surface area contributed by atoms with Gasteiger partial charge in [-0.15, -0.1) is 0 Å². The molecule has 0 amide bonds. The molecule has 0 atom stereocenters. The second-order valence-electron chi connectivity index (χ2n) is 7.64. The number of anilines is 1. The Hall–Kier alpha value is -3.15. The van der Waals surface area contributed by atoms with Gasteiger partial charge < -0.3 is 9.55 Å². The van der Waals surface area contributed by atoms with Gasteiger partial charge in [-0.1, -0.05) is 18.6 Å². The molecule has 3 aromatic rings. The van der Waals surface area contributed by atoms with Crippen LogP contribution in [-0.4, -0.2) is 31.0 Å². The number of aromatic nitrogens is 3. The normalized spacial score (nSPS) is 16.6. The Morgan fingerprint density at radius 3 is 2.93 bits per heavy atom. The highest BCUT2D eigenvalue weighted by molar-refractivity contribution is 6.11. The first-order chi connectivity index (χ1) is 13.8. The molecule has 28 heavy (non-hydrogen) atoms. The molecule has 0 bridgehead atoms. The van der Waals surface area contributed by atoms with E-state index in [1.807, 2.05) is 23.2 Å². The molecule has 0 unspecified atom stereocenters. The van der Waals surface area contributed by atoms with Crippen LogP contribution in [0, 0.1) is 0 Å². The van der Waals surface area contributed by atoms with Gasteiger partial charge >= 0.3 is 0 Å². The van der Waals surface area contributed by atoms with Crippen molar-refractivity contribution in [1.29, 1.82) is 0 Å². The van der Waals surface area contributed by atoms with Gasteiger partial charge in [-0.2, -0.15) is 0 Å². The number of aromatic amines is 1. The molecular formula is C22H24N5O+. The Bertz CT molecular complexity index is 1070. The molecule has 1 aliphatic carbocycles. The fourth-order valence-corrected chi connectivity index (χ4v) is 4.40. The molecule has 2 aliphatic rings. The van der Waals surface area contributed by atoms with Gasteiger partial charge in [0.25, 0.3) is 11.4 Å². The van der Waals surface area contributed by atoms with E-state index in [0.29, 0.717) is 6.04 Å². The number of rotatable bonds is 4. The average Bonchev–Trinajstić information content (AvgIpc) is 3.21. The predicted octanol–water partition coefficient (Wildman–Crippen LogP) is 3.47. The van der Waals surface area contributed by atoms with Crippen molar-refractivity contribution < 1.29 is 4.58 Å².